The number of nitrogens with zero attached hydrogens (tertiary/aromatic N) is 2. The second kappa shape index (κ2) is 5.74. The van der Waals surface area contributed by atoms with Crippen LogP contribution in [0.3, 0.4) is 0 Å². The molecule has 2 N–H and O–H groups in total. The third kappa shape index (κ3) is 4.32. The fourth-order valence-electron chi connectivity index (χ4n) is 1.40. The second-order valence-corrected chi connectivity index (χ2v) is 4.45. The standard InChI is InChI=1S/C11H14BrN3/c1-15(4-2-3-13)8-9-5-10(12)7-11(14)6-9/h5-7H,2,4,8,14H2,1H3. The third-order valence-corrected chi connectivity index (χ3v) is 2.50. The van der Waals surface area contributed by atoms with Crippen molar-refractivity contribution in [2.75, 3.05) is 19.3 Å². The van der Waals surface area contributed by atoms with Crippen LogP contribution in [0.15, 0.2) is 22.7 Å². The van der Waals surface area contributed by atoms with Gasteiger partial charge in [-0.25, -0.2) is 0 Å². The van der Waals surface area contributed by atoms with Gasteiger partial charge in [0.1, 0.15) is 0 Å². The number of nitriles is 1. The van der Waals surface area contributed by atoms with Gasteiger partial charge in [0.25, 0.3) is 0 Å². The van der Waals surface area contributed by atoms with Crippen LogP contribution in [-0.2, 0) is 6.54 Å². The Morgan fingerprint density at radius 1 is 1.47 bits per heavy atom. The number of hydrogen-bond donors (Lipinski definition) is 1. The second-order valence-electron chi connectivity index (χ2n) is 3.54. The van der Waals surface area contributed by atoms with E-state index in [1.807, 2.05) is 25.2 Å². The van der Waals surface area contributed by atoms with Gasteiger partial charge in [-0.2, -0.15) is 5.26 Å². The molecule has 0 fully saturated rings. The maximum atomic E-state index is 8.47. The minimum Gasteiger partial charge on any atom is -0.399 e. The lowest BCUT2D eigenvalue weighted by Crippen LogP contribution is -2.18. The van der Waals surface area contributed by atoms with Crippen LogP contribution >= 0.6 is 15.9 Å². The predicted octanol–water partition coefficient (Wildman–Crippen LogP) is 2.38. The Balaban J connectivity index is 2.60. The SMILES string of the molecule is CN(CCC#N)Cc1cc(N)cc(Br)c1. The molecule has 4 heteroatoms. The smallest absolute Gasteiger partial charge is 0.0635 e. The van der Waals surface area contributed by atoms with E-state index in [0.29, 0.717) is 6.42 Å². The summed E-state index contributed by atoms with van der Waals surface area (Å²) in [5, 5.41) is 8.47. The molecule has 1 rings (SSSR count). The molecule has 0 aromatic heterocycles. The number of anilines is 1. The average molecular weight is 268 g/mol. The van der Waals surface area contributed by atoms with Crippen molar-refractivity contribution in [3.63, 3.8) is 0 Å². The van der Waals surface area contributed by atoms with Gasteiger partial charge < -0.3 is 10.6 Å². The van der Waals surface area contributed by atoms with Gasteiger partial charge in [0, 0.05) is 29.7 Å². The highest BCUT2D eigenvalue weighted by atomic mass is 79.9. The molecule has 0 spiro atoms. The normalized spacial score (nSPS) is 10.3. The van der Waals surface area contributed by atoms with E-state index in [2.05, 4.69) is 26.9 Å². The highest BCUT2D eigenvalue weighted by molar-refractivity contribution is 9.10. The first kappa shape index (κ1) is 12.0. The summed E-state index contributed by atoms with van der Waals surface area (Å²) >= 11 is 3.40. The van der Waals surface area contributed by atoms with E-state index in [-0.39, 0.29) is 0 Å². The molecule has 80 valence electrons. The zero-order valence-corrected chi connectivity index (χ0v) is 10.3. The van der Waals surface area contributed by atoms with Crippen molar-refractivity contribution in [3.8, 4) is 6.07 Å². The van der Waals surface area contributed by atoms with Crippen LogP contribution in [0.1, 0.15) is 12.0 Å². The van der Waals surface area contributed by atoms with Crippen LogP contribution < -0.4 is 5.73 Å². The molecule has 0 radical (unpaired) electrons. The van der Waals surface area contributed by atoms with E-state index in [1.54, 1.807) is 0 Å². The van der Waals surface area contributed by atoms with Crippen LogP contribution in [0.2, 0.25) is 0 Å². The van der Waals surface area contributed by atoms with Gasteiger partial charge in [0.15, 0.2) is 0 Å². The summed E-state index contributed by atoms with van der Waals surface area (Å²) in [6.07, 6.45) is 0.556. The Labute approximate surface area is 98.6 Å². The summed E-state index contributed by atoms with van der Waals surface area (Å²) in [7, 11) is 1.99. The van der Waals surface area contributed by atoms with Crippen LogP contribution in [0.4, 0.5) is 5.69 Å². The van der Waals surface area contributed by atoms with Gasteiger partial charge in [-0.3, -0.25) is 0 Å². The first-order valence-corrected chi connectivity index (χ1v) is 5.51. The van der Waals surface area contributed by atoms with E-state index in [1.165, 1.54) is 0 Å². The van der Waals surface area contributed by atoms with E-state index in [0.717, 1.165) is 28.8 Å². The monoisotopic (exact) mass is 267 g/mol. The quantitative estimate of drug-likeness (QED) is 0.853. The fourth-order valence-corrected chi connectivity index (χ4v) is 1.96. The summed E-state index contributed by atoms with van der Waals surface area (Å²) in [4.78, 5) is 2.10. The Bertz CT molecular complexity index is 350. The van der Waals surface area contributed by atoms with Crippen molar-refractivity contribution in [1.82, 2.24) is 4.90 Å². The number of benzene rings is 1. The van der Waals surface area contributed by atoms with Gasteiger partial charge in [0.2, 0.25) is 0 Å². The predicted molar refractivity (Wildman–Crippen MR) is 65.1 cm³/mol. The lowest BCUT2D eigenvalue weighted by molar-refractivity contribution is 0.335. The van der Waals surface area contributed by atoms with Crippen molar-refractivity contribution in [2.45, 2.75) is 13.0 Å². The van der Waals surface area contributed by atoms with E-state index in [4.69, 9.17) is 11.0 Å². The zero-order valence-electron chi connectivity index (χ0n) is 8.70. The van der Waals surface area contributed by atoms with E-state index in [9.17, 15) is 0 Å². The van der Waals surface area contributed by atoms with Gasteiger partial charge in [-0.15, -0.1) is 0 Å². The molecule has 0 saturated carbocycles. The molecule has 0 aliphatic carbocycles. The molecular weight excluding hydrogens is 254 g/mol. The van der Waals surface area contributed by atoms with Gasteiger partial charge in [0.05, 0.1) is 6.07 Å². The molecule has 0 bridgehead atoms. The van der Waals surface area contributed by atoms with Crippen LogP contribution in [0.5, 0.6) is 0 Å². The third-order valence-electron chi connectivity index (χ3n) is 2.04. The summed E-state index contributed by atoms with van der Waals surface area (Å²) in [5.74, 6) is 0. The maximum absolute atomic E-state index is 8.47. The highest BCUT2D eigenvalue weighted by Gasteiger charge is 2.01. The van der Waals surface area contributed by atoms with Gasteiger partial charge in [-0.1, -0.05) is 15.9 Å². The van der Waals surface area contributed by atoms with Crippen molar-refractivity contribution < 1.29 is 0 Å². The summed E-state index contributed by atoms with van der Waals surface area (Å²) in [6, 6.07) is 8.00. The average Bonchev–Trinajstić information content (AvgIpc) is 2.13. The summed E-state index contributed by atoms with van der Waals surface area (Å²) in [6.45, 7) is 1.59. The Morgan fingerprint density at radius 3 is 2.80 bits per heavy atom. The molecule has 15 heavy (non-hydrogen) atoms. The van der Waals surface area contributed by atoms with Crippen molar-refractivity contribution in [3.05, 3.63) is 28.2 Å². The minimum absolute atomic E-state index is 0.556. The van der Waals surface area contributed by atoms with Crippen molar-refractivity contribution in [2.24, 2.45) is 0 Å². The Morgan fingerprint density at radius 2 is 2.20 bits per heavy atom. The zero-order chi connectivity index (χ0) is 11.3. The lowest BCUT2D eigenvalue weighted by atomic mass is 10.2. The van der Waals surface area contributed by atoms with Crippen LogP contribution in [0, 0.1) is 11.3 Å². The maximum Gasteiger partial charge on any atom is 0.0635 e. The number of halogens is 1. The number of rotatable bonds is 4. The molecular formula is C11H14BrN3. The first-order valence-electron chi connectivity index (χ1n) is 4.72. The summed E-state index contributed by atoms with van der Waals surface area (Å²) in [5.41, 5.74) is 7.65. The van der Waals surface area contributed by atoms with Crippen molar-refractivity contribution in [1.29, 1.82) is 5.26 Å². The first-order chi connectivity index (χ1) is 7.11. The molecule has 0 unspecified atom stereocenters. The largest absolute Gasteiger partial charge is 0.399 e. The number of hydrogen-bond acceptors (Lipinski definition) is 3. The minimum atomic E-state index is 0.556. The Kier molecular flexibility index (Phi) is 4.60. The van der Waals surface area contributed by atoms with Gasteiger partial charge >= 0.3 is 0 Å². The summed E-state index contributed by atoms with van der Waals surface area (Å²) < 4.78 is 0.992. The molecule has 0 atom stereocenters. The molecule has 0 aliphatic rings. The topological polar surface area (TPSA) is 53.0 Å². The highest BCUT2D eigenvalue weighted by Crippen LogP contribution is 2.18. The van der Waals surface area contributed by atoms with Crippen molar-refractivity contribution >= 4 is 21.6 Å². The lowest BCUT2D eigenvalue weighted by Gasteiger charge is -2.15. The fraction of sp³-hybridized carbons (Fsp3) is 0.364. The molecule has 0 heterocycles. The molecule has 1 aromatic rings. The molecule has 0 amide bonds. The molecule has 1 aromatic carbocycles. The van der Waals surface area contributed by atoms with E-state index >= 15 is 0 Å². The molecule has 3 nitrogen and oxygen atoms in total. The Hall–Kier alpha value is -1.05. The van der Waals surface area contributed by atoms with Crippen LogP contribution in [-0.4, -0.2) is 18.5 Å². The van der Waals surface area contributed by atoms with E-state index < -0.39 is 0 Å². The van der Waals surface area contributed by atoms with Crippen LogP contribution in [0.25, 0.3) is 0 Å². The van der Waals surface area contributed by atoms with Gasteiger partial charge in [-0.05, 0) is 30.8 Å². The number of nitrogen functional groups attached to an aromatic ring is 1. The molecule has 0 saturated heterocycles. The number of nitrogens with two attached hydrogens (primary N) is 1. The molecule has 0 aliphatic heterocycles.